The molecule has 15 heavy (non-hydrogen) atoms. The van der Waals surface area contributed by atoms with E-state index < -0.39 is 0 Å². The highest BCUT2D eigenvalue weighted by Gasteiger charge is 2.01. The molecule has 0 amide bonds. The summed E-state index contributed by atoms with van der Waals surface area (Å²) in [4.78, 5) is 0. The van der Waals surface area contributed by atoms with Gasteiger partial charge in [0.25, 0.3) is 0 Å². The Morgan fingerprint density at radius 2 is 1.53 bits per heavy atom. The van der Waals surface area contributed by atoms with E-state index in [4.69, 9.17) is 0 Å². The van der Waals surface area contributed by atoms with E-state index in [-0.39, 0.29) is 0 Å². The average Bonchev–Trinajstić information content (AvgIpc) is 2.26. The molecule has 0 atom stereocenters. The Bertz CT molecular complexity index is 446. The number of nitrogens with zero attached hydrogens (tertiary/aromatic N) is 1. The van der Waals surface area contributed by atoms with Gasteiger partial charge in [-0.25, -0.2) is 5.32 Å². The molecule has 0 N–H and O–H groups in total. The molecule has 0 unspecified atom stereocenters. The summed E-state index contributed by atoms with van der Waals surface area (Å²) in [5.41, 5.74) is 4.60. The van der Waals surface area contributed by atoms with Gasteiger partial charge in [-0.05, 0) is 43.2 Å². The Morgan fingerprint density at radius 3 is 2.27 bits per heavy atom. The van der Waals surface area contributed by atoms with Crippen LogP contribution in [0.1, 0.15) is 11.1 Å². The third kappa shape index (κ3) is 2.18. The van der Waals surface area contributed by atoms with Gasteiger partial charge in [0.15, 0.2) is 0 Å². The molecule has 0 saturated heterocycles. The smallest absolute Gasteiger partial charge is 0.0668 e. The molecule has 75 valence electrons. The third-order valence-corrected chi connectivity index (χ3v) is 2.58. The van der Waals surface area contributed by atoms with Gasteiger partial charge in [0.2, 0.25) is 0 Å². The lowest BCUT2D eigenvalue weighted by Gasteiger charge is -2.08. The van der Waals surface area contributed by atoms with E-state index in [9.17, 15) is 0 Å². The SMILES string of the molecule is Cc1cccc([N]c2ccccc2)c1C. The number of aryl methyl sites for hydroxylation is 1. The molecule has 0 aliphatic carbocycles. The molecule has 0 fully saturated rings. The zero-order chi connectivity index (χ0) is 10.7. The fourth-order valence-electron chi connectivity index (χ4n) is 1.50. The van der Waals surface area contributed by atoms with Crippen molar-refractivity contribution in [1.29, 1.82) is 0 Å². The molecule has 0 heterocycles. The van der Waals surface area contributed by atoms with Gasteiger partial charge in [-0.3, -0.25) is 0 Å². The first kappa shape index (κ1) is 9.78. The lowest BCUT2D eigenvalue weighted by atomic mass is 10.1. The second-order valence-electron chi connectivity index (χ2n) is 3.67. The number of benzene rings is 2. The molecule has 0 bridgehead atoms. The highest BCUT2D eigenvalue weighted by Crippen LogP contribution is 2.22. The summed E-state index contributed by atoms with van der Waals surface area (Å²) in [5, 5.41) is 4.60. The van der Waals surface area contributed by atoms with Crippen LogP contribution in [-0.2, 0) is 0 Å². The Morgan fingerprint density at radius 1 is 0.800 bits per heavy atom. The van der Waals surface area contributed by atoms with Gasteiger partial charge in [0.1, 0.15) is 0 Å². The summed E-state index contributed by atoms with van der Waals surface area (Å²) < 4.78 is 0. The molecule has 2 aromatic rings. The monoisotopic (exact) mass is 196 g/mol. The summed E-state index contributed by atoms with van der Waals surface area (Å²) in [6.45, 7) is 4.22. The highest BCUT2D eigenvalue weighted by atomic mass is 14.9. The predicted molar refractivity (Wildman–Crippen MR) is 63.8 cm³/mol. The van der Waals surface area contributed by atoms with Crippen molar-refractivity contribution in [3.8, 4) is 0 Å². The Hall–Kier alpha value is -1.76. The third-order valence-electron chi connectivity index (χ3n) is 2.58. The van der Waals surface area contributed by atoms with Gasteiger partial charge < -0.3 is 0 Å². The van der Waals surface area contributed by atoms with Gasteiger partial charge >= 0.3 is 0 Å². The van der Waals surface area contributed by atoms with Gasteiger partial charge in [-0.1, -0.05) is 30.3 Å². The first-order chi connectivity index (χ1) is 7.27. The lowest BCUT2D eigenvalue weighted by Crippen LogP contribution is -1.92. The minimum absolute atomic E-state index is 1.01. The average molecular weight is 196 g/mol. The largest absolute Gasteiger partial charge is 0.249 e. The maximum atomic E-state index is 4.60. The van der Waals surface area contributed by atoms with Crippen LogP contribution < -0.4 is 5.32 Å². The van der Waals surface area contributed by atoms with E-state index in [2.05, 4.69) is 31.3 Å². The molecule has 0 spiro atoms. The molecule has 1 heteroatoms. The van der Waals surface area contributed by atoms with Gasteiger partial charge in [0.05, 0.1) is 11.4 Å². The van der Waals surface area contributed by atoms with Gasteiger partial charge in [0, 0.05) is 0 Å². The van der Waals surface area contributed by atoms with Crippen molar-refractivity contribution in [3.05, 3.63) is 59.7 Å². The maximum absolute atomic E-state index is 4.60. The lowest BCUT2D eigenvalue weighted by molar-refractivity contribution is 1.14. The molecule has 1 nitrogen and oxygen atoms in total. The van der Waals surface area contributed by atoms with Crippen LogP contribution in [0.4, 0.5) is 11.4 Å². The zero-order valence-electron chi connectivity index (χ0n) is 9.07. The molecular formula is C14H14N. The van der Waals surface area contributed by atoms with Gasteiger partial charge in [-0.2, -0.15) is 0 Å². The number of hydrogen-bond donors (Lipinski definition) is 0. The summed E-state index contributed by atoms with van der Waals surface area (Å²) in [6, 6.07) is 16.2. The van der Waals surface area contributed by atoms with Crippen molar-refractivity contribution in [2.75, 3.05) is 0 Å². The van der Waals surface area contributed by atoms with E-state index in [1.165, 1.54) is 11.1 Å². The van der Waals surface area contributed by atoms with Crippen molar-refractivity contribution in [3.63, 3.8) is 0 Å². The Balaban J connectivity index is 2.29. The van der Waals surface area contributed by atoms with Crippen molar-refractivity contribution in [2.24, 2.45) is 0 Å². The number of rotatable bonds is 2. The maximum Gasteiger partial charge on any atom is 0.0668 e. The summed E-state index contributed by atoms with van der Waals surface area (Å²) >= 11 is 0. The first-order valence-electron chi connectivity index (χ1n) is 5.10. The second-order valence-corrected chi connectivity index (χ2v) is 3.67. The van der Waals surface area contributed by atoms with Crippen molar-refractivity contribution >= 4 is 11.4 Å². The number of hydrogen-bond acceptors (Lipinski definition) is 0. The molecule has 2 rings (SSSR count). The quantitative estimate of drug-likeness (QED) is 0.692. The molecule has 0 saturated carbocycles. The standard InChI is InChI=1S/C14H14N/c1-11-7-6-10-14(12(11)2)15-13-8-4-3-5-9-13/h3-10H,1-2H3. The molecule has 0 aliphatic rings. The van der Waals surface area contributed by atoms with Crippen LogP contribution in [-0.4, -0.2) is 0 Å². The van der Waals surface area contributed by atoms with Crippen LogP contribution in [0.2, 0.25) is 0 Å². The molecular weight excluding hydrogens is 182 g/mol. The predicted octanol–water partition coefficient (Wildman–Crippen LogP) is 3.87. The van der Waals surface area contributed by atoms with Crippen LogP contribution in [0, 0.1) is 13.8 Å². The topological polar surface area (TPSA) is 14.1 Å². The Kier molecular flexibility index (Phi) is 2.72. The minimum Gasteiger partial charge on any atom is -0.249 e. The fourth-order valence-corrected chi connectivity index (χ4v) is 1.50. The highest BCUT2D eigenvalue weighted by molar-refractivity contribution is 5.54. The van der Waals surface area contributed by atoms with Crippen LogP contribution in [0.25, 0.3) is 0 Å². The number of para-hydroxylation sites is 1. The van der Waals surface area contributed by atoms with E-state index >= 15 is 0 Å². The summed E-state index contributed by atoms with van der Waals surface area (Å²) in [5.74, 6) is 0. The van der Waals surface area contributed by atoms with E-state index in [1.807, 2.05) is 36.4 Å². The van der Waals surface area contributed by atoms with Crippen LogP contribution in [0.3, 0.4) is 0 Å². The first-order valence-corrected chi connectivity index (χ1v) is 5.10. The molecule has 0 aromatic heterocycles. The van der Waals surface area contributed by atoms with E-state index in [0.717, 1.165) is 11.4 Å². The Labute approximate surface area is 90.8 Å². The zero-order valence-corrected chi connectivity index (χ0v) is 9.07. The second kappa shape index (κ2) is 4.18. The van der Waals surface area contributed by atoms with E-state index in [1.54, 1.807) is 0 Å². The van der Waals surface area contributed by atoms with Crippen LogP contribution in [0.5, 0.6) is 0 Å². The fraction of sp³-hybridized carbons (Fsp3) is 0.143. The normalized spacial score (nSPS) is 10.0. The minimum atomic E-state index is 1.01. The van der Waals surface area contributed by atoms with Crippen LogP contribution in [0.15, 0.2) is 48.5 Å². The van der Waals surface area contributed by atoms with Crippen molar-refractivity contribution < 1.29 is 0 Å². The van der Waals surface area contributed by atoms with E-state index in [0.29, 0.717) is 0 Å². The van der Waals surface area contributed by atoms with Crippen molar-refractivity contribution in [1.82, 2.24) is 5.32 Å². The molecule has 1 radical (unpaired) electrons. The molecule has 0 aliphatic heterocycles. The van der Waals surface area contributed by atoms with Crippen molar-refractivity contribution in [2.45, 2.75) is 13.8 Å². The van der Waals surface area contributed by atoms with Gasteiger partial charge in [-0.15, -0.1) is 0 Å². The van der Waals surface area contributed by atoms with Crippen LogP contribution >= 0.6 is 0 Å². The summed E-state index contributed by atoms with van der Waals surface area (Å²) in [7, 11) is 0. The molecule has 2 aromatic carbocycles. The summed E-state index contributed by atoms with van der Waals surface area (Å²) in [6.07, 6.45) is 0.